The van der Waals surface area contributed by atoms with E-state index in [4.69, 9.17) is 0 Å². The van der Waals surface area contributed by atoms with Gasteiger partial charge in [-0.25, -0.2) is 0 Å². The van der Waals surface area contributed by atoms with Crippen molar-refractivity contribution in [2.45, 2.75) is 19.0 Å². The molecule has 1 saturated heterocycles. The lowest BCUT2D eigenvalue weighted by atomic mass is 9.99. The van der Waals surface area contributed by atoms with Crippen molar-refractivity contribution in [1.82, 2.24) is 16.0 Å². The minimum absolute atomic E-state index is 0. The lowest BCUT2D eigenvalue weighted by molar-refractivity contribution is -0.138. The summed E-state index contributed by atoms with van der Waals surface area (Å²) in [4.78, 5) is 22.6. The Bertz CT molecular complexity index is 307. The first-order chi connectivity index (χ1) is 8.38. The molecule has 0 aliphatic carbocycles. The predicted octanol–water partition coefficient (Wildman–Crippen LogP) is 0.202. The first-order valence-electron chi connectivity index (χ1n) is 5.70. The zero-order chi connectivity index (χ0) is 13.6. The fourth-order valence-corrected chi connectivity index (χ4v) is 1.65. The average molecular weight is 304 g/mol. The molecule has 0 aromatic rings. The molecule has 1 aliphatic rings. The van der Waals surface area contributed by atoms with Crippen molar-refractivity contribution in [3.05, 3.63) is 0 Å². The van der Waals surface area contributed by atoms with Gasteiger partial charge in [-0.3, -0.25) is 9.59 Å². The van der Waals surface area contributed by atoms with Crippen LogP contribution in [0.3, 0.4) is 0 Å². The SMILES string of the molecule is Cl.O=C(CNC(=O)C1CCCNC1)NCC(F)(F)F. The van der Waals surface area contributed by atoms with Crippen LogP contribution in [-0.2, 0) is 9.59 Å². The second-order valence-corrected chi connectivity index (χ2v) is 4.15. The van der Waals surface area contributed by atoms with E-state index in [2.05, 4.69) is 10.6 Å². The van der Waals surface area contributed by atoms with Crippen LogP contribution in [0.1, 0.15) is 12.8 Å². The monoisotopic (exact) mass is 303 g/mol. The van der Waals surface area contributed by atoms with Crippen LogP contribution in [0.15, 0.2) is 0 Å². The summed E-state index contributed by atoms with van der Waals surface area (Å²) in [6, 6.07) is 0. The van der Waals surface area contributed by atoms with Crippen LogP contribution in [0.5, 0.6) is 0 Å². The number of amides is 2. The third-order valence-corrected chi connectivity index (χ3v) is 2.58. The molecule has 0 spiro atoms. The molecule has 1 atom stereocenters. The van der Waals surface area contributed by atoms with Gasteiger partial charge in [0.25, 0.3) is 0 Å². The lowest BCUT2D eigenvalue weighted by Crippen LogP contribution is -2.45. The van der Waals surface area contributed by atoms with Crippen LogP contribution in [0, 0.1) is 5.92 Å². The normalized spacial score (nSPS) is 19.2. The maximum atomic E-state index is 11.8. The number of alkyl halides is 3. The van der Waals surface area contributed by atoms with E-state index in [1.807, 2.05) is 0 Å². The molecule has 1 unspecified atom stereocenters. The number of hydrogen-bond donors (Lipinski definition) is 3. The molecule has 1 aliphatic heterocycles. The quantitative estimate of drug-likeness (QED) is 0.695. The zero-order valence-corrected chi connectivity index (χ0v) is 11.0. The van der Waals surface area contributed by atoms with Crippen molar-refractivity contribution in [3.63, 3.8) is 0 Å². The number of halogens is 4. The molecule has 1 heterocycles. The number of rotatable bonds is 4. The largest absolute Gasteiger partial charge is 0.405 e. The van der Waals surface area contributed by atoms with E-state index in [-0.39, 0.29) is 24.2 Å². The highest BCUT2D eigenvalue weighted by Gasteiger charge is 2.28. The molecule has 0 aromatic heterocycles. The topological polar surface area (TPSA) is 70.2 Å². The summed E-state index contributed by atoms with van der Waals surface area (Å²) in [5.74, 6) is -1.36. The van der Waals surface area contributed by atoms with Crippen LogP contribution >= 0.6 is 12.4 Å². The number of carbonyl (C=O) groups is 2. The molecular weight excluding hydrogens is 287 g/mol. The number of hydrogen-bond acceptors (Lipinski definition) is 3. The second kappa shape index (κ2) is 8.21. The molecule has 0 aromatic carbocycles. The Labute approximate surface area is 115 Å². The number of nitrogens with one attached hydrogen (secondary N) is 3. The van der Waals surface area contributed by atoms with E-state index in [0.717, 1.165) is 19.4 Å². The van der Waals surface area contributed by atoms with Crippen LogP contribution in [-0.4, -0.2) is 44.2 Å². The summed E-state index contributed by atoms with van der Waals surface area (Å²) in [5, 5.41) is 7.05. The van der Waals surface area contributed by atoms with Crippen molar-refractivity contribution in [1.29, 1.82) is 0 Å². The van der Waals surface area contributed by atoms with Crippen molar-refractivity contribution >= 4 is 24.2 Å². The molecule has 5 nitrogen and oxygen atoms in total. The van der Waals surface area contributed by atoms with Gasteiger partial charge in [0, 0.05) is 6.54 Å². The molecule has 0 bridgehead atoms. The molecule has 1 rings (SSSR count). The number of carbonyl (C=O) groups excluding carboxylic acids is 2. The van der Waals surface area contributed by atoms with Crippen molar-refractivity contribution in [2.75, 3.05) is 26.2 Å². The maximum absolute atomic E-state index is 11.8. The molecule has 3 N–H and O–H groups in total. The summed E-state index contributed by atoms with van der Waals surface area (Å²) in [7, 11) is 0. The van der Waals surface area contributed by atoms with Crippen molar-refractivity contribution < 1.29 is 22.8 Å². The Morgan fingerprint density at radius 3 is 2.47 bits per heavy atom. The van der Waals surface area contributed by atoms with Crippen LogP contribution in [0.25, 0.3) is 0 Å². The van der Waals surface area contributed by atoms with Gasteiger partial charge in [0.05, 0.1) is 12.5 Å². The van der Waals surface area contributed by atoms with Gasteiger partial charge in [-0.15, -0.1) is 12.4 Å². The molecular formula is C10H17ClF3N3O2. The molecule has 0 radical (unpaired) electrons. The molecule has 2 amide bonds. The minimum Gasteiger partial charge on any atom is -0.347 e. The van der Waals surface area contributed by atoms with Crippen LogP contribution < -0.4 is 16.0 Å². The first-order valence-corrected chi connectivity index (χ1v) is 5.70. The Hall–Kier alpha value is -1.02. The minimum atomic E-state index is -4.44. The van der Waals surface area contributed by atoms with Gasteiger partial charge in [0.15, 0.2) is 0 Å². The first kappa shape index (κ1) is 18.0. The summed E-state index contributed by atoms with van der Waals surface area (Å²) in [6.07, 6.45) is -2.84. The van der Waals surface area contributed by atoms with E-state index < -0.39 is 25.2 Å². The fourth-order valence-electron chi connectivity index (χ4n) is 1.65. The third-order valence-electron chi connectivity index (χ3n) is 2.58. The van der Waals surface area contributed by atoms with Gasteiger partial charge in [-0.2, -0.15) is 13.2 Å². The van der Waals surface area contributed by atoms with Gasteiger partial charge in [-0.1, -0.05) is 0 Å². The summed E-state index contributed by atoms with van der Waals surface area (Å²) in [6.45, 7) is -0.413. The highest BCUT2D eigenvalue weighted by Crippen LogP contribution is 2.12. The standard InChI is InChI=1S/C10H16F3N3O2.ClH/c11-10(12,13)6-16-8(17)5-15-9(18)7-2-1-3-14-4-7;/h7,14H,1-6H2,(H,15,18)(H,16,17);1H. The Morgan fingerprint density at radius 1 is 1.26 bits per heavy atom. The van der Waals surface area contributed by atoms with E-state index in [9.17, 15) is 22.8 Å². The van der Waals surface area contributed by atoms with Gasteiger partial charge < -0.3 is 16.0 Å². The van der Waals surface area contributed by atoms with E-state index in [0.29, 0.717) is 6.54 Å². The van der Waals surface area contributed by atoms with E-state index in [1.165, 1.54) is 0 Å². The highest BCUT2D eigenvalue weighted by molar-refractivity contribution is 5.86. The van der Waals surface area contributed by atoms with Gasteiger partial charge in [0.1, 0.15) is 6.54 Å². The summed E-state index contributed by atoms with van der Waals surface area (Å²) < 4.78 is 35.4. The van der Waals surface area contributed by atoms with Crippen LogP contribution in [0.4, 0.5) is 13.2 Å². The lowest BCUT2D eigenvalue weighted by Gasteiger charge is -2.21. The molecule has 112 valence electrons. The molecule has 9 heteroatoms. The zero-order valence-electron chi connectivity index (χ0n) is 10.2. The fraction of sp³-hybridized carbons (Fsp3) is 0.800. The maximum Gasteiger partial charge on any atom is 0.405 e. The Balaban J connectivity index is 0.00000324. The summed E-state index contributed by atoms with van der Waals surface area (Å²) >= 11 is 0. The highest BCUT2D eigenvalue weighted by atomic mass is 35.5. The summed E-state index contributed by atoms with van der Waals surface area (Å²) in [5.41, 5.74) is 0. The molecule has 1 fully saturated rings. The Kier molecular flexibility index (Phi) is 7.77. The van der Waals surface area contributed by atoms with Gasteiger partial charge in [-0.05, 0) is 19.4 Å². The molecule has 19 heavy (non-hydrogen) atoms. The van der Waals surface area contributed by atoms with E-state index >= 15 is 0 Å². The number of piperidine rings is 1. The third kappa shape index (κ3) is 7.89. The van der Waals surface area contributed by atoms with Gasteiger partial charge in [0.2, 0.25) is 11.8 Å². The van der Waals surface area contributed by atoms with Crippen molar-refractivity contribution in [3.8, 4) is 0 Å². The Morgan fingerprint density at radius 2 is 1.95 bits per heavy atom. The van der Waals surface area contributed by atoms with E-state index in [1.54, 1.807) is 5.32 Å². The van der Waals surface area contributed by atoms with Gasteiger partial charge >= 0.3 is 6.18 Å². The molecule has 0 saturated carbocycles. The van der Waals surface area contributed by atoms with Crippen molar-refractivity contribution in [2.24, 2.45) is 5.92 Å². The smallest absolute Gasteiger partial charge is 0.347 e. The second-order valence-electron chi connectivity index (χ2n) is 4.15. The average Bonchev–Trinajstić information content (AvgIpc) is 2.33. The predicted molar refractivity (Wildman–Crippen MR) is 64.9 cm³/mol. The van der Waals surface area contributed by atoms with Crippen LogP contribution in [0.2, 0.25) is 0 Å².